The zero-order valence-corrected chi connectivity index (χ0v) is 10.4. The lowest BCUT2D eigenvalue weighted by molar-refractivity contribution is -0.123. The number of aryl methyl sites for hydroxylation is 2. The number of ketones is 1. The van der Waals surface area contributed by atoms with Gasteiger partial charge >= 0.3 is 0 Å². The molecule has 0 saturated heterocycles. The van der Waals surface area contributed by atoms with Crippen molar-refractivity contribution in [3.63, 3.8) is 0 Å². The van der Waals surface area contributed by atoms with Crippen molar-refractivity contribution in [1.82, 2.24) is 0 Å². The Bertz CT molecular complexity index is 478. The van der Waals surface area contributed by atoms with Crippen molar-refractivity contribution in [2.24, 2.45) is 5.41 Å². The van der Waals surface area contributed by atoms with Gasteiger partial charge in [-0.1, -0.05) is 29.3 Å². The number of rotatable bonds is 2. The lowest BCUT2D eigenvalue weighted by Gasteiger charge is -2.19. The highest BCUT2D eigenvalue weighted by Gasteiger charge is 2.42. The van der Waals surface area contributed by atoms with Crippen LogP contribution in [0.15, 0.2) is 18.2 Å². The van der Waals surface area contributed by atoms with Gasteiger partial charge in [-0.05, 0) is 38.7 Å². The number of Topliss-reactive ketones (excluding diaryl/α,β-unsaturated/α-hetero) is 1. The second-order valence-electron chi connectivity index (χ2n) is 5.14. The molecule has 1 fully saturated rings. The van der Waals surface area contributed by atoms with Crippen LogP contribution in [0.3, 0.4) is 0 Å². The molecule has 88 valence electrons. The van der Waals surface area contributed by atoms with Crippen LogP contribution < -0.4 is 0 Å². The molecule has 0 spiro atoms. The molecule has 2 nitrogen and oxygen atoms in total. The molecule has 0 bridgehead atoms. The van der Waals surface area contributed by atoms with Gasteiger partial charge in [0, 0.05) is 6.42 Å². The van der Waals surface area contributed by atoms with Crippen LogP contribution in [-0.4, -0.2) is 5.78 Å². The van der Waals surface area contributed by atoms with E-state index in [9.17, 15) is 10.1 Å². The maximum atomic E-state index is 11.9. The van der Waals surface area contributed by atoms with Gasteiger partial charge < -0.3 is 0 Å². The molecular formula is C15H17NO. The minimum absolute atomic E-state index is 0.124. The average molecular weight is 227 g/mol. The summed E-state index contributed by atoms with van der Waals surface area (Å²) in [6, 6.07) is 8.54. The van der Waals surface area contributed by atoms with Crippen LogP contribution in [0.25, 0.3) is 0 Å². The maximum absolute atomic E-state index is 11.9. The first-order chi connectivity index (χ1) is 8.05. The summed E-state index contributed by atoms with van der Waals surface area (Å²) in [5.74, 6) is 0.124. The smallest absolute Gasteiger partial charge is 0.153 e. The summed E-state index contributed by atoms with van der Waals surface area (Å²) in [4.78, 5) is 11.9. The van der Waals surface area contributed by atoms with Crippen LogP contribution in [0.1, 0.15) is 36.0 Å². The molecule has 0 heterocycles. The lowest BCUT2D eigenvalue weighted by Crippen LogP contribution is -2.26. The lowest BCUT2D eigenvalue weighted by atomic mass is 9.80. The largest absolute Gasteiger partial charge is 0.298 e. The minimum atomic E-state index is -0.750. The summed E-state index contributed by atoms with van der Waals surface area (Å²) in [6.07, 6.45) is 2.72. The molecule has 0 radical (unpaired) electrons. The van der Waals surface area contributed by atoms with Crippen LogP contribution in [0.4, 0.5) is 0 Å². The molecule has 0 N–H and O–H groups in total. The van der Waals surface area contributed by atoms with Crippen molar-refractivity contribution in [2.75, 3.05) is 0 Å². The quantitative estimate of drug-likeness (QED) is 0.779. The second kappa shape index (κ2) is 4.33. The van der Waals surface area contributed by atoms with E-state index >= 15 is 0 Å². The first kappa shape index (κ1) is 11.9. The topological polar surface area (TPSA) is 40.9 Å². The highest BCUT2D eigenvalue weighted by Crippen LogP contribution is 2.37. The zero-order valence-electron chi connectivity index (χ0n) is 10.4. The molecule has 0 aromatic heterocycles. The highest BCUT2D eigenvalue weighted by molar-refractivity contribution is 5.89. The number of hydrogen-bond donors (Lipinski definition) is 0. The number of carbonyl (C=O) groups excluding carboxylic acids is 1. The SMILES string of the molecule is Cc1cc(C)cc(CC2(C#N)CCCC2=O)c1. The Hall–Kier alpha value is -1.62. The van der Waals surface area contributed by atoms with Gasteiger partial charge in [0.2, 0.25) is 0 Å². The van der Waals surface area contributed by atoms with Gasteiger partial charge in [0.05, 0.1) is 6.07 Å². The Morgan fingerprint density at radius 1 is 1.29 bits per heavy atom. The van der Waals surface area contributed by atoms with E-state index in [0.29, 0.717) is 12.8 Å². The fraction of sp³-hybridized carbons (Fsp3) is 0.467. The number of hydrogen-bond acceptors (Lipinski definition) is 2. The van der Waals surface area contributed by atoms with E-state index in [2.05, 4.69) is 24.3 Å². The molecule has 1 aromatic rings. The van der Waals surface area contributed by atoms with Crippen molar-refractivity contribution in [2.45, 2.75) is 39.5 Å². The van der Waals surface area contributed by atoms with E-state index in [-0.39, 0.29) is 5.78 Å². The Morgan fingerprint density at radius 3 is 2.41 bits per heavy atom. The van der Waals surface area contributed by atoms with Crippen molar-refractivity contribution in [1.29, 1.82) is 5.26 Å². The van der Waals surface area contributed by atoms with E-state index < -0.39 is 5.41 Å². The predicted molar refractivity (Wildman–Crippen MR) is 66.5 cm³/mol. The average Bonchev–Trinajstić information content (AvgIpc) is 2.59. The summed E-state index contributed by atoms with van der Waals surface area (Å²) < 4.78 is 0. The normalized spacial score (nSPS) is 23.7. The predicted octanol–water partition coefficient (Wildman–Crippen LogP) is 3.11. The van der Waals surface area contributed by atoms with E-state index in [4.69, 9.17) is 0 Å². The second-order valence-corrected chi connectivity index (χ2v) is 5.14. The third-order valence-corrected chi connectivity index (χ3v) is 3.54. The number of carbonyl (C=O) groups is 1. The van der Waals surface area contributed by atoms with Crippen molar-refractivity contribution >= 4 is 5.78 Å². The van der Waals surface area contributed by atoms with Gasteiger partial charge in [-0.15, -0.1) is 0 Å². The zero-order chi connectivity index (χ0) is 12.5. The summed E-state index contributed by atoms with van der Waals surface area (Å²) in [5.41, 5.74) is 2.75. The van der Waals surface area contributed by atoms with Crippen LogP contribution >= 0.6 is 0 Å². The molecule has 1 aromatic carbocycles. The fourth-order valence-electron chi connectivity index (χ4n) is 2.79. The molecule has 0 aliphatic heterocycles. The molecule has 1 aliphatic rings. The van der Waals surface area contributed by atoms with Crippen molar-refractivity contribution in [3.05, 3.63) is 34.9 Å². The van der Waals surface area contributed by atoms with Gasteiger partial charge in [-0.2, -0.15) is 5.26 Å². The fourth-order valence-corrected chi connectivity index (χ4v) is 2.79. The molecule has 1 atom stereocenters. The number of nitriles is 1. The molecule has 2 rings (SSSR count). The van der Waals surface area contributed by atoms with Gasteiger partial charge in [-0.3, -0.25) is 4.79 Å². The summed E-state index contributed by atoms with van der Waals surface area (Å²) >= 11 is 0. The molecule has 0 amide bonds. The van der Waals surface area contributed by atoms with Crippen LogP contribution in [0, 0.1) is 30.6 Å². The van der Waals surface area contributed by atoms with Crippen molar-refractivity contribution < 1.29 is 4.79 Å². The third kappa shape index (κ3) is 2.24. The van der Waals surface area contributed by atoms with Crippen LogP contribution in [-0.2, 0) is 11.2 Å². The van der Waals surface area contributed by atoms with Crippen LogP contribution in [0.5, 0.6) is 0 Å². The maximum Gasteiger partial charge on any atom is 0.153 e. The molecular weight excluding hydrogens is 210 g/mol. The van der Waals surface area contributed by atoms with E-state index in [1.165, 1.54) is 11.1 Å². The molecule has 1 unspecified atom stereocenters. The molecule has 1 saturated carbocycles. The Labute approximate surface area is 102 Å². The summed E-state index contributed by atoms with van der Waals surface area (Å²) in [5, 5.41) is 9.32. The van der Waals surface area contributed by atoms with E-state index in [1.807, 2.05) is 13.8 Å². The number of nitrogens with zero attached hydrogens (tertiary/aromatic N) is 1. The van der Waals surface area contributed by atoms with E-state index in [0.717, 1.165) is 18.4 Å². The Balaban J connectivity index is 2.31. The van der Waals surface area contributed by atoms with E-state index in [1.54, 1.807) is 0 Å². The van der Waals surface area contributed by atoms with Crippen LogP contribution in [0.2, 0.25) is 0 Å². The monoisotopic (exact) mass is 227 g/mol. The Kier molecular flexibility index (Phi) is 3.02. The van der Waals surface area contributed by atoms with Gasteiger partial charge in [0.25, 0.3) is 0 Å². The summed E-state index contributed by atoms with van der Waals surface area (Å²) in [7, 11) is 0. The standard InChI is InChI=1S/C15H17NO/c1-11-6-12(2)8-13(7-11)9-15(10-16)5-3-4-14(15)17/h6-8H,3-5,9H2,1-2H3. The molecule has 2 heteroatoms. The summed E-state index contributed by atoms with van der Waals surface area (Å²) in [6.45, 7) is 4.10. The molecule has 1 aliphatic carbocycles. The first-order valence-electron chi connectivity index (χ1n) is 6.07. The van der Waals surface area contributed by atoms with Gasteiger partial charge in [0.15, 0.2) is 5.78 Å². The number of benzene rings is 1. The Morgan fingerprint density at radius 2 is 1.94 bits per heavy atom. The third-order valence-electron chi connectivity index (χ3n) is 3.54. The van der Waals surface area contributed by atoms with Gasteiger partial charge in [-0.25, -0.2) is 0 Å². The molecule has 17 heavy (non-hydrogen) atoms. The minimum Gasteiger partial charge on any atom is -0.298 e. The first-order valence-corrected chi connectivity index (χ1v) is 6.07. The highest BCUT2D eigenvalue weighted by atomic mass is 16.1. The van der Waals surface area contributed by atoms with Crippen molar-refractivity contribution in [3.8, 4) is 6.07 Å². The van der Waals surface area contributed by atoms with Gasteiger partial charge in [0.1, 0.15) is 5.41 Å².